The molecule has 0 saturated carbocycles. The second-order valence-corrected chi connectivity index (χ2v) is 4.63. The van der Waals surface area contributed by atoms with Crippen LogP contribution in [0.15, 0.2) is 46.3 Å². The zero-order valence-corrected chi connectivity index (χ0v) is 8.57. The summed E-state index contributed by atoms with van der Waals surface area (Å²) in [5.74, 6) is -1.07. The van der Waals surface area contributed by atoms with E-state index in [4.69, 9.17) is 11.5 Å². The normalized spacial score (nSPS) is 12.4. The molecule has 0 aromatic heterocycles. The average molecular weight is 226 g/mol. The molecule has 80 valence electrons. The van der Waals surface area contributed by atoms with E-state index < -0.39 is 20.6 Å². The second-order valence-electron chi connectivity index (χ2n) is 2.71. The number of rotatable bonds is 3. The van der Waals surface area contributed by atoms with Crippen LogP contribution in [0.5, 0.6) is 0 Å². The third kappa shape index (κ3) is 2.16. The zero-order chi connectivity index (χ0) is 11.5. The van der Waals surface area contributed by atoms with E-state index in [1.54, 1.807) is 18.2 Å². The van der Waals surface area contributed by atoms with Crippen LogP contribution in [0.4, 0.5) is 0 Å². The molecule has 0 atom stereocenters. The van der Waals surface area contributed by atoms with E-state index in [0.29, 0.717) is 6.20 Å². The minimum atomic E-state index is -3.89. The fourth-order valence-electron chi connectivity index (χ4n) is 1.03. The van der Waals surface area contributed by atoms with Crippen LogP contribution in [-0.2, 0) is 14.6 Å². The number of primary amides is 1. The van der Waals surface area contributed by atoms with Gasteiger partial charge in [-0.1, -0.05) is 18.2 Å². The standard InChI is InChI=1S/C9H10N2O3S/c10-6-8(9(11)12)15(13,14)7-4-2-1-3-5-7/h1-6H,10H2,(H2,11,12). The van der Waals surface area contributed by atoms with E-state index in [1.807, 2.05) is 0 Å². The minimum Gasteiger partial charge on any atom is -0.403 e. The molecule has 1 aromatic rings. The van der Waals surface area contributed by atoms with Gasteiger partial charge in [0.2, 0.25) is 9.84 Å². The van der Waals surface area contributed by atoms with Gasteiger partial charge in [0.05, 0.1) is 4.90 Å². The molecule has 1 rings (SSSR count). The lowest BCUT2D eigenvalue weighted by Gasteiger charge is -2.04. The van der Waals surface area contributed by atoms with E-state index in [2.05, 4.69) is 0 Å². The summed E-state index contributed by atoms with van der Waals surface area (Å²) >= 11 is 0. The van der Waals surface area contributed by atoms with Gasteiger partial charge in [-0.2, -0.15) is 0 Å². The largest absolute Gasteiger partial charge is 0.403 e. The summed E-state index contributed by atoms with van der Waals surface area (Å²) in [4.78, 5) is 10.2. The van der Waals surface area contributed by atoms with E-state index in [1.165, 1.54) is 12.1 Å². The summed E-state index contributed by atoms with van der Waals surface area (Å²) in [5.41, 5.74) is 9.96. The van der Waals surface area contributed by atoms with E-state index in [0.717, 1.165) is 0 Å². The Morgan fingerprint density at radius 2 is 1.73 bits per heavy atom. The van der Waals surface area contributed by atoms with Gasteiger partial charge in [0.1, 0.15) is 0 Å². The summed E-state index contributed by atoms with van der Waals surface area (Å²) in [7, 11) is -3.89. The molecule has 1 amide bonds. The molecule has 0 spiro atoms. The number of hydrogen-bond donors (Lipinski definition) is 2. The van der Waals surface area contributed by atoms with Gasteiger partial charge < -0.3 is 11.5 Å². The first kappa shape index (κ1) is 11.3. The lowest BCUT2D eigenvalue weighted by atomic mass is 10.4. The highest BCUT2D eigenvalue weighted by atomic mass is 32.2. The third-order valence-electron chi connectivity index (χ3n) is 1.74. The number of benzene rings is 1. The van der Waals surface area contributed by atoms with Crippen molar-refractivity contribution in [3.8, 4) is 0 Å². The summed E-state index contributed by atoms with van der Waals surface area (Å²) in [6.45, 7) is 0. The van der Waals surface area contributed by atoms with Gasteiger partial charge in [0, 0.05) is 6.20 Å². The fraction of sp³-hybridized carbons (Fsp3) is 0. The maximum Gasteiger partial charge on any atom is 0.262 e. The zero-order valence-electron chi connectivity index (χ0n) is 7.75. The van der Waals surface area contributed by atoms with Crippen molar-refractivity contribution in [2.45, 2.75) is 4.90 Å². The van der Waals surface area contributed by atoms with Crippen LogP contribution in [0.3, 0.4) is 0 Å². The molecule has 0 unspecified atom stereocenters. The van der Waals surface area contributed by atoms with Crippen molar-refractivity contribution in [2.75, 3.05) is 0 Å². The molecule has 0 heterocycles. The molecule has 0 aliphatic heterocycles. The monoisotopic (exact) mass is 226 g/mol. The maximum atomic E-state index is 11.8. The highest BCUT2D eigenvalue weighted by Crippen LogP contribution is 2.17. The van der Waals surface area contributed by atoms with Crippen molar-refractivity contribution < 1.29 is 13.2 Å². The quantitative estimate of drug-likeness (QED) is 0.693. The van der Waals surface area contributed by atoms with E-state index in [-0.39, 0.29) is 4.90 Å². The molecule has 0 radical (unpaired) electrons. The maximum absolute atomic E-state index is 11.8. The summed E-state index contributed by atoms with van der Waals surface area (Å²) in [6.07, 6.45) is 0.699. The number of carbonyl (C=O) groups is 1. The Balaban J connectivity index is 3.32. The minimum absolute atomic E-state index is 0.0134. The molecule has 0 bridgehead atoms. The summed E-state index contributed by atoms with van der Waals surface area (Å²) in [6, 6.07) is 7.47. The van der Waals surface area contributed by atoms with Gasteiger partial charge in [-0.25, -0.2) is 8.42 Å². The Labute approximate surface area is 87.3 Å². The smallest absolute Gasteiger partial charge is 0.262 e. The molecule has 0 saturated heterocycles. The van der Waals surface area contributed by atoms with Crippen LogP contribution in [0.25, 0.3) is 0 Å². The first-order valence-corrected chi connectivity index (χ1v) is 5.50. The van der Waals surface area contributed by atoms with Crippen LogP contribution in [0, 0.1) is 0 Å². The molecule has 4 N–H and O–H groups in total. The molecule has 6 heteroatoms. The number of hydrogen-bond acceptors (Lipinski definition) is 4. The number of amides is 1. The third-order valence-corrected chi connectivity index (χ3v) is 3.55. The van der Waals surface area contributed by atoms with Gasteiger partial charge >= 0.3 is 0 Å². The molecule has 15 heavy (non-hydrogen) atoms. The van der Waals surface area contributed by atoms with E-state index in [9.17, 15) is 13.2 Å². The lowest BCUT2D eigenvalue weighted by molar-refractivity contribution is -0.113. The molecule has 0 aliphatic rings. The van der Waals surface area contributed by atoms with Gasteiger partial charge in [-0.3, -0.25) is 4.79 Å². The topological polar surface area (TPSA) is 103 Å². The second kappa shape index (κ2) is 4.14. The van der Waals surface area contributed by atoms with E-state index >= 15 is 0 Å². The van der Waals surface area contributed by atoms with Crippen LogP contribution in [-0.4, -0.2) is 14.3 Å². The summed E-state index contributed by atoms with van der Waals surface area (Å²) < 4.78 is 23.5. The highest BCUT2D eigenvalue weighted by molar-refractivity contribution is 7.96. The predicted octanol–water partition coefficient (Wildman–Crippen LogP) is -0.254. The van der Waals surface area contributed by atoms with Crippen LogP contribution < -0.4 is 11.5 Å². The molecule has 0 fully saturated rings. The van der Waals surface area contributed by atoms with Gasteiger partial charge in [0.25, 0.3) is 5.91 Å². The SMILES string of the molecule is NC=C(C(N)=O)S(=O)(=O)c1ccccc1. The Morgan fingerprint density at radius 3 is 2.13 bits per heavy atom. The Bertz CT molecular complexity index is 491. The molecule has 1 aromatic carbocycles. The fourth-order valence-corrected chi connectivity index (χ4v) is 2.24. The Morgan fingerprint density at radius 1 is 1.20 bits per heavy atom. The molecular formula is C9H10N2O3S. The van der Waals surface area contributed by atoms with Crippen molar-refractivity contribution in [3.63, 3.8) is 0 Å². The first-order chi connectivity index (χ1) is 7.00. The van der Waals surface area contributed by atoms with Crippen molar-refractivity contribution in [1.82, 2.24) is 0 Å². The molecule has 5 nitrogen and oxygen atoms in total. The van der Waals surface area contributed by atoms with Crippen LogP contribution in [0.2, 0.25) is 0 Å². The average Bonchev–Trinajstić information content (AvgIpc) is 2.19. The highest BCUT2D eigenvalue weighted by Gasteiger charge is 2.24. The van der Waals surface area contributed by atoms with Gasteiger partial charge in [-0.15, -0.1) is 0 Å². The van der Waals surface area contributed by atoms with Crippen LogP contribution in [0.1, 0.15) is 0 Å². The van der Waals surface area contributed by atoms with Crippen LogP contribution >= 0.6 is 0 Å². The molecular weight excluding hydrogens is 216 g/mol. The Kier molecular flexibility index (Phi) is 3.11. The van der Waals surface area contributed by atoms with Gasteiger partial charge in [0.15, 0.2) is 4.91 Å². The number of carbonyl (C=O) groups excluding carboxylic acids is 1. The van der Waals surface area contributed by atoms with Crippen molar-refractivity contribution in [3.05, 3.63) is 41.4 Å². The Hall–Kier alpha value is -1.82. The number of sulfone groups is 1. The molecule has 0 aliphatic carbocycles. The van der Waals surface area contributed by atoms with Crippen molar-refractivity contribution in [2.24, 2.45) is 11.5 Å². The first-order valence-electron chi connectivity index (χ1n) is 4.02. The lowest BCUT2D eigenvalue weighted by Crippen LogP contribution is -2.22. The van der Waals surface area contributed by atoms with Gasteiger partial charge in [-0.05, 0) is 12.1 Å². The van der Waals surface area contributed by atoms with Crippen molar-refractivity contribution >= 4 is 15.7 Å². The predicted molar refractivity (Wildman–Crippen MR) is 55.1 cm³/mol. The van der Waals surface area contributed by atoms with Crippen molar-refractivity contribution in [1.29, 1.82) is 0 Å². The summed E-state index contributed by atoms with van der Waals surface area (Å²) in [5, 5.41) is 0. The number of nitrogens with two attached hydrogens (primary N) is 2.